The molecule has 3 aliphatic rings. The molecule has 4 heterocycles. The van der Waals surface area contributed by atoms with Gasteiger partial charge in [-0.3, -0.25) is 19.4 Å². The van der Waals surface area contributed by atoms with Gasteiger partial charge in [-0.05, 0) is 63.7 Å². The monoisotopic (exact) mass is 549 g/mol. The molecule has 6 rings (SSSR count). The number of aromatic amines is 1. The number of fused-ring (bicyclic) bond motifs is 1. The van der Waals surface area contributed by atoms with Crippen molar-refractivity contribution in [3.05, 3.63) is 41.2 Å². The highest BCUT2D eigenvalue weighted by molar-refractivity contribution is 6.36. The molecule has 0 radical (unpaired) electrons. The van der Waals surface area contributed by atoms with E-state index in [2.05, 4.69) is 38.2 Å². The lowest BCUT2D eigenvalue weighted by molar-refractivity contribution is -0.140. The molecule has 3 aromatic rings. The van der Waals surface area contributed by atoms with Crippen LogP contribution in [0, 0.1) is 13.8 Å². The summed E-state index contributed by atoms with van der Waals surface area (Å²) in [5.74, 6) is 1.05. The van der Waals surface area contributed by atoms with E-state index in [0.29, 0.717) is 24.7 Å². The predicted octanol–water partition coefficient (Wildman–Crippen LogP) is 4.64. The second kappa shape index (κ2) is 9.70. The number of rotatable bonds is 4. The van der Waals surface area contributed by atoms with Gasteiger partial charge in [0.2, 0.25) is 11.8 Å². The zero-order chi connectivity index (χ0) is 27.5. The van der Waals surface area contributed by atoms with Gasteiger partial charge in [0, 0.05) is 61.9 Å². The van der Waals surface area contributed by atoms with Gasteiger partial charge in [-0.25, -0.2) is 0 Å². The first kappa shape index (κ1) is 25.9. The van der Waals surface area contributed by atoms with E-state index in [1.807, 2.05) is 24.1 Å². The van der Waals surface area contributed by atoms with Gasteiger partial charge in [-0.1, -0.05) is 18.2 Å². The first-order valence-electron chi connectivity index (χ1n) is 13.9. The predicted molar refractivity (Wildman–Crippen MR) is 153 cm³/mol. The third kappa shape index (κ3) is 4.13. The van der Waals surface area contributed by atoms with E-state index in [4.69, 9.17) is 16.7 Å². The number of carbonyl (C=O) groups is 2. The summed E-state index contributed by atoms with van der Waals surface area (Å²) in [7, 11) is 0. The van der Waals surface area contributed by atoms with Crippen molar-refractivity contribution in [3.8, 4) is 11.1 Å². The van der Waals surface area contributed by atoms with E-state index < -0.39 is 0 Å². The number of aromatic nitrogens is 4. The van der Waals surface area contributed by atoms with Crippen LogP contribution in [0.4, 0.5) is 5.82 Å². The third-order valence-corrected chi connectivity index (χ3v) is 9.65. The molecule has 2 aromatic heterocycles. The molecule has 10 heteroatoms. The fraction of sp³-hybridized carbons (Fsp3) is 0.517. The molecule has 206 valence electrons. The second-order valence-electron chi connectivity index (χ2n) is 11.4. The molecular weight excluding hydrogens is 514 g/mol. The SMILES string of the molecule is C=CC(=O)N1CCC(n2nc(N3CCN(C(C)=O)C4(CCC4)C3)c(-c3c(Cl)c(C)cc4[nH]ncc34)c2C)CC1. The molecular formula is C29H36ClN7O2. The van der Waals surface area contributed by atoms with Gasteiger partial charge in [-0.15, -0.1) is 0 Å². The second-order valence-corrected chi connectivity index (χ2v) is 11.8. The number of piperidine rings is 1. The van der Waals surface area contributed by atoms with Crippen molar-refractivity contribution >= 4 is 40.1 Å². The molecule has 1 N–H and O–H groups in total. The number of carbonyl (C=O) groups excluding carboxylic acids is 2. The number of H-pyrrole nitrogens is 1. The molecule has 1 aliphatic carbocycles. The summed E-state index contributed by atoms with van der Waals surface area (Å²) in [5, 5.41) is 14.4. The molecule has 9 nitrogen and oxygen atoms in total. The number of nitrogens with one attached hydrogen (secondary N) is 1. The van der Waals surface area contributed by atoms with Crippen molar-refractivity contribution in [2.45, 2.75) is 64.5 Å². The van der Waals surface area contributed by atoms with E-state index in [-0.39, 0.29) is 23.4 Å². The van der Waals surface area contributed by atoms with Crippen LogP contribution in [0.2, 0.25) is 5.02 Å². The maximum atomic E-state index is 12.5. The lowest BCUT2D eigenvalue weighted by Crippen LogP contribution is -2.66. The van der Waals surface area contributed by atoms with Crippen LogP contribution in [-0.2, 0) is 9.59 Å². The Morgan fingerprint density at radius 1 is 1.15 bits per heavy atom. The summed E-state index contributed by atoms with van der Waals surface area (Å²) in [5.41, 5.74) is 4.84. The molecule has 0 unspecified atom stereocenters. The number of amides is 2. The lowest BCUT2D eigenvalue weighted by atomic mass is 9.73. The van der Waals surface area contributed by atoms with Crippen molar-refractivity contribution in [2.75, 3.05) is 37.6 Å². The van der Waals surface area contributed by atoms with Crippen LogP contribution in [0.25, 0.3) is 22.0 Å². The summed E-state index contributed by atoms with van der Waals surface area (Å²) >= 11 is 7.07. The molecule has 2 aliphatic heterocycles. The summed E-state index contributed by atoms with van der Waals surface area (Å²) in [4.78, 5) is 31.0. The number of benzene rings is 1. The number of aryl methyl sites for hydroxylation is 1. The van der Waals surface area contributed by atoms with Crippen LogP contribution in [-0.4, -0.2) is 79.9 Å². The van der Waals surface area contributed by atoms with E-state index in [9.17, 15) is 9.59 Å². The maximum absolute atomic E-state index is 12.5. The van der Waals surface area contributed by atoms with Gasteiger partial charge in [0.25, 0.3) is 0 Å². The lowest BCUT2D eigenvalue weighted by Gasteiger charge is -2.56. The molecule has 1 saturated carbocycles. The smallest absolute Gasteiger partial charge is 0.245 e. The summed E-state index contributed by atoms with van der Waals surface area (Å²) in [6, 6.07) is 2.21. The summed E-state index contributed by atoms with van der Waals surface area (Å²) in [6.07, 6.45) is 8.06. The zero-order valence-corrected chi connectivity index (χ0v) is 23.7. The van der Waals surface area contributed by atoms with Crippen molar-refractivity contribution in [2.24, 2.45) is 0 Å². The Kier molecular flexibility index (Phi) is 6.44. The quantitative estimate of drug-likeness (QED) is 0.479. The summed E-state index contributed by atoms with van der Waals surface area (Å²) < 4.78 is 2.16. The number of hydrogen-bond donors (Lipinski definition) is 1. The Labute approximate surface area is 233 Å². The van der Waals surface area contributed by atoms with Crippen LogP contribution < -0.4 is 4.90 Å². The maximum Gasteiger partial charge on any atom is 0.245 e. The van der Waals surface area contributed by atoms with Crippen molar-refractivity contribution in [1.29, 1.82) is 0 Å². The molecule has 1 aromatic carbocycles. The number of nitrogens with zero attached hydrogens (tertiary/aromatic N) is 6. The van der Waals surface area contributed by atoms with Gasteiger partial charge >= 0.3 is 0 Å². The van der Waals surface area contributed by atoms with E-state index in [1.54, 1.807) is 6.92 Å². The Balaban J connectivity index is 1.46. The van der Waals surface area contributed by atoms with Crippen molar-refractivity contribution in [1.82, 2.24) is 29.8 Å². The zero-order valence-electron chi connectivity index (χ0n) is 23.0. The Bertz CT molecular complexity index is 1460. The molecule has 0 atom stereocenters. The highest BCUT2D eigenvalue weighted by Gasteiger charge is 2.48. The number of halogens is 1. The molecule has 0 bridgehead atoms. The first-order valence-corrected chi connectivity index (χ1v) is 14.3. The Morgan fingerprint density at radius 2 is 1.90 bits per heavy atom. The molecule has 2 amide bonds. The highest BCUT2D eigenvalue weighted by atomic mass is 35.5. The van der Waals surface area contributed by atoms with Crippen LogP contribution in [0.1, 0.15) is 56.3 Å². The standard InChI is InChI=1S/C29H36ClN7O2/c1-5-24(39)34-11-7-21(8-12-34)37-19(3)25(26-22-16-31-32-23(22)15-18(2)27(26)30)28(33-37)35-13-14-36(20(4)38)29(17-35)9-6-10-29/h5,15-16,21H,1,6-14,17H2,2-4H3,(H,31,32). The number of likely N-dealkylation sites (tertiary alicyclic amines) is 1. The number of hydrogen-bond acceptors (Lipinski definition) is 5. The van der Waals surface area contributed by atoms with Gasteiger partial charge < -0.3 is 14.7 Å². The summed E-state index contributed by atoms with van der Waals surface area (Å²) in [6.45, 7) is 13.0. The fourth-order valence-corrected chi connectivity index (χ4v) is 7.19. The number of anilines is 1. The normalized spacial score (nSPS) is 19.5. The number of piperazine rings is 1. The molecule has 1 spiro atoms. The molecule has 39 heavy (non-hydrogen) atoms. The van der Waals surface area contributed by atoms with Crippen LogP contribution in [0.15, 0.2) is 24.9 Å². The van der Waals surface area contributed by atoms with E-state index in [1.165, 1.54) is 6.08 Å². The average molecular weight is 550 g/mol. The largest absolute Gasteiger partial charge is 0.350 e. The molecule has 2 saturated heterocycles. The molecule has 3 fully saturated rings. The van der Waals surface area contributed by atoms with E-state index in [0.717, 1.165) is 84.3 Å². The average Bonchev–Trinajstić information content (AvgIpc) is 3.52. The third-order valence-electron chi connectivity index (χ3n) is 9.16. The van der Waals surface area contributed by atoms with Gasteiger partial charge in [0.15, 0.2) is 5.82 Å². The minimum Gasteiger partial charge on any atom is -0.350 e. The Morgan fingerprint density at radius 3 is 2.54 bits per heavy atom. The first-order chi connectivity index (χ1) is 18.7. The fourth-order valence-electron chi connectivity index (χ4n) is 6.94. The van der Waals surface area contributed by atoms with Gasteiger partial charge in [0.1, 0.15) is 0 Å². The van der Waals surface area contributed by atoms with Gasteiger partial charge in [-0.2, -0.15) is 10.2 Å². The highest BCUT2D eigenvalue weighted by Crippen LogP contribution is 2.47. The van der Waals surface area contributed by atoms with Gasteiger partial charge in [0.05, 0.1) is 28.3 Å². The minimum absolute atomic E-state index is 0.0185. The topological polar surface area (TPSA) is 90.4 Å². The van der Waals surface area contributed by atoms with Crippen LogP contribution in [0.3, 0.4) is 0 Å². The van der Waals surface area contributed by atoms with E-state index >= 15 is 0 Å². The Hall–Kier alpha value is -3.33. The minimum atomic E-state index is -0.128. The van der Waals surface area contributed by atoms with Crippen LogP contribution >= 0.6 is 11.6 Å². The van der Waals surface area contributed by atoms with Crippen molar-refractivity contribution in [3.63, 3.8) is 0 Å². The van der Waals surface area contributed by atoms with Crippen LogP contribution in [0.5, 0.6) is 0 Å². The van der Waals surface area contributed by atoms with Crippen molar-refractivity contribution < 1.29 is 9.59 Å².